The predicted octanol–water partition coefficient (Wildman–Crippen LogP) is 6.24. The fourth-order valence-electron chi connectivity index (χ4n) is 4.88. The maximum Gasteiger partial charge on any atom is 0.339 e. The molecule has 3 aromatic carbocycles. The summed E-state index contributed by atoms with van der Waals surface area (Å²) in [6.07, 6.45) is 0.889. The number of carbonyl (C=O) groups is 2. The van der Waals surface area contributed by atoms with Gasteiger partial charge in [-0.05, 0) is 61.0 Å². The molecule has 0 radical (unpaired) electrons. The van der Waals surface area contributed by atoms with E-state index < -0.39 is 7.92 Å². The van der Waals surface area contributed by atoms with Gasteiger partial charge in [-0.15, -0.1) is 0 Å². The van der Waals surface area contributed by atoms with E-state index in [0.717, 1.165) is 11.7 Å². The molecule has 5 heteroatoms. The fourth-order valence-corrected chi connectivity index (χ4v) is 7.31. The van der Waals surface area contributed by atoms with Crippen molar-refractivity contribution in [2.45, 2.75) is 53.6 Å². The first-order valence-electron chi connectivity index (χ1n) is 13.2. The molecule has 3 aromatic rings. The van der Waals surface area contributed by atoms with Crippen molar-refractivity contribution in [1.29, 1.82) is 0 Å². The Hall–Kier alpha value is -2.97. The van der Waals surface area contributed by atoms with Crippen LogP contribution in [0.15, 0.2) is 84.9 Å². The van der Waals surface area contributed by atoms with Gasteiger partial charge in [0.25, 0.3) is 0 Å². The van der Waals surface area contributed by atoms with Crippen LogP contribution in [0.4, 0.5) is 0 Å². The molecule has 0 saturated heterocycles. The minimum Gasteiger partial charge on any atom is -0.466 e. The van der Waals surface area contributed by atoms with E-state index in [1.165, 1.54) is 10.6 Å². The van der Waals surface area contributed by atoms with Gasteiger partial charge in [0.15, 0.2) is 0 Å². The van der Waals surface area contributed by atoms with Gasteiger partial charge in [-0.1, -0.05) is 107 Å². The van der Waals surface area contributed by atoms with Crippen LogP contribution in [0.2, 0.25) is 0 Å². The molecule has 3 atom stereocenters. The van der Waals surface area contributed by atoms with E-state index in [0.29, 0.717) is 18.6 Å². The normalized spacial score (nSPS) is 13.7. The van der Waals surface area contributed by atoms with Crippen LogP contribution in [0.3, 0.4) is 0 Å². The van der Waals surface area contributed by atoms with E-state index in [1.54, 1.807) is 0 Å². The summed E-state index contributed by atoms with van der Waals surface area (Å²) in [6.45, 7) is 10.5. The number of benzene rings is 3. The smallest absolute Gasteiger partial charge is 0.339 e. The van der Waals surface area contributed by atoms with Crippen LogP contribution in [-0.4, -0.2) is 24.6 Å². The molecule has 0 aliphatic carbocycles. The summed E-state index contributed by atoms with van der Waals surface area (Å²) in [5.74, 6) is -0.0794. The second kappa shape index (κ2) is 14.1. The number of hydrogen-bond acceptors (Lipinski definition) is 4. The maximum absolute atomic E-state index is 13.7. The SMILES string of the molecule is CCOC(=O)C[C@@H](C)C[C@H](C)[C@@H](OC(=O)c1ccccc1P(c1ccccc1)c1ccccc1)C(C)C. The van der Waals surface area contributed by atoms with E-state index in [4.69, 9.17) is 9.47 Å². The Balaban J connectivity index is 1.87. The van der Waals surface area contributed by atoms with Crippen LogP contribution in [0.1, 0.15) is 57.8 Å². The third kappa shape index (κ3) is 8.01. The van der Waals surface area contributed by atoms with Gasteiger partial charge in [0, 0.05) is 6.42 Å². The molecule has 37 heavy (non-hydrogen) atoms. The van der Waals surface area contributed by atoms with Gasteiger partial charge in [0.1, 0.15) is 6.10 Å². The second-order valence-corrected chi connectivity index (χ2v) is 12.2. The molecule has 3 rings (SSSR count). The van der Waals surface area contributed by atoms with E-state index in [1.807, 2.05) is 61.5 Å². The maximum atomic E-state index is 13.7. The lowest BCUT2D eigenvalue weighted by Gasteiger charge is -2.30. The summed E-state index contributed by atoms with van der Waals surface area (Å²) in [7, 11) is -0.935. The van der Waals surface area contributed by atoms with Crippen LogP contribution >= 0.6 is 7.92 Å². The largest absolute Gasteiger partial charge is 0.466 e. The lowest BCUT2D eigenvalue weighted by molar-refractivity contribution is -0.144. The molecular formula is C32H39O4P. The molecule has 0 N–H and O–H groups in total. The Morgan fingerprint density at radius 1 is 0.784 bits per heavy atom. The van der Waals surface area contributed by atoms with Crippen LogP contribution in [0.25, 0.3) is 0 Å². The molecule has 0 aliphatic rings. The van der Waals surface area contributed by atoms with Crippen molar-refractivity contribution >= 4 is 35.8 Å². The van der Waals surface area contributed by atoms with Crippen molar-refractivity contribution in [2.75, 3.05) is 6.61 Å². The number of esters is 2. The summed E-state index contributed by atoms with van der Waals surface area (Å²) in [5, 5.41) is 3.36. The lowest BCUT2D eigenvalue weighted by atomic mass is 9.86. The molecule has 0 bridgehead atoms. The average molecular weight is 519 g/mol. The third-order valence-electron chi connectivity index (χ3n) is 6.45. The Morgan fingerprint density at radius 3 is 1.86 bits per heavy atom. The molecule has 0 aromatic heterocycles. The summed E-state index contributed by atoms with van der Waals surface area (Å²) in [6, 6.07) is 28.5. The fraction of sp³-hybridized carbons (Fsp3) is 0.375. The van der Waals surface area contributed by atoms with Crippen molar-refractivity contribution in [3.63, 3.8) is 0 Å². The third-order valence-corrected chi connectivity index (χ3v) is 8.95. The molecule has 4 nitrogen and oxygen atoms in total. The van der Waals surface area contributed by atoms with E-state index >= 15 is 0 Å². The molecular weight excluding hydrogens is 479 g/mol. The summed E-state index contributed by atoms with van der Waals surface area (Å²) >= 11 is 0. The molecule has 0 unspecified atom stereocenters. The van der Waals surface area contributed by atoms with Gasteiger partial charge < -0.3 is 9.47 Å². The first-order chi connectivity index (χ1) is 17.8. The second-order valence-electron chi connectivity index (χ2n) is 9.96. The Bertz CT molecular complexity index is 1090. The number of hydrogen-bond donors (Lipinski definition) is 0. The predicted molar refractivity (Wildman–Crippen MR) is 153 cm³/mol. The highest BCUT2D eigenvalue weighted by atomic mass is 31.1. The highest BCUT2D eigenvalue weighted by Gasteiger charge is 2.30. The first-order valence-corrected chi connectivity index (χ1v) is 14.5. The van der Waals surface area contributed by atoms with Gasteiger partial charge in [0.2, 0.25) is 0 Å². The van der Waals surface area contributed by atoms with Crippen molar-refractivity contribution in [3.05, 3.63) is 90.5 Å². The van der Waals surface area contributed by atoms with Gasteiger partial charge >= 0.3 is 11.9 Å². The zero-order chi connectivity index (χ0) is 26.8. The topological polar surface area (TPSA) is 52.6 Å². The van der Waals surface area contributed by atoms with Gasteiger partial charge in [-0.2, -0.15) is 0 Å². The van der Waals surface area contributed by atoms with Crippen LogP contribution in [-0.2, 0) is 14.3 Å². The molecule has 0 heterocycles. The Labute approximate surface area is 223 Å². The van der Waals surface area contributed by atoms with Crippen molar-refractivity contribution in [3.8, 4) is 0 Å². The number of carbonyl (C=O) groups excluding carboxylic acids is 2. The molecule has 0 aliphatic heterocycles. The molecule has 0 saturated carbocycles. The highest BCUT2D eigenvalue weighted by molar-refractivity contribution is 7.80. The standard InChI is InChI=1S/C32H39O4P/c1-6-35-30(33)22-24(4)21-25(5)31(23(2)3)36-32(34)28-19-13-14-20-29(28)37(26-15-9-7-10-16-26)27-17-11-8-12-18-27/h7-20,23-25,31H,6,21-22H2,1-5H3/t24-,25-,31-/m0/s1. The first kappa shape index (κ1) is 28.6. The molecule has 0 amide bonds. The van der Waals surface area contributed by atoms with Crippen molar-refractivity contribution in [2.24, 2.45) is 17.8 Å². The zero-order valence-corrected chi connectivity index (χ0v) is 23.5. The quantitative estimate of drug-likeness (QED) is 0.210. The van der Waals surface area contributed by atoms with Crippen LogP contribution < -0.4 is 15.9 Å². The van der Waals surface area contributed by atoms with E-state index in [-0.39, 0.29) is 35.8 Å². The van der Waals surface area contributed by atoms with Gasteiger partial charge in [-0.3, -0.25) is 4.79 Å². The van der Waals surface area contributed by atoms with E-state index in [9.17, 15) is 9.59 Å². The number of rotatable bonds is 12. The molecule has 0 fully saturated rings. The van der Waals surface area contributed by atoms with Crippen LogP contribution in [0.5, 0.6) is 0 Å². The molecule has 196 valence electrons. The summed E-state index contributed by atoms with van der Waals surface area (Å²) < 4.78 is 11.3. The van der Waals surface area contributed by atoms with Gasteiger partial charge in [-0.25, -0.2) is 4.79 Å². The van der Waals surface area contributed by atoms with Crippen molar-refractivity contribution in [1.82, 2.24) is 0 Å². The number of ether oxygens (including phenoxy) is 2. The van der Waals surface area contributed by atoms with E-state index in [2.05, 4.69) is 58.0 Å². The average Bonchev–Trinajstić information content (AvgIpc) is 2.88. The van der Waals surface area contributed by atoms with Crippen LogP contribution in [0, 0.1) is 17.8 Å². The zero-order valence-electron chi connectivity index (χ0n) is 22.6. The Morgan fingerprint density at radius 2 is 1.32 bits per heavy atom. The monoisotopic (exact) mass is 518 g/mol. The van der Waals surface area contributed by atoms with Gasteiger partial charge in [0.05, 0.1) is 12.2 Å². The summed E-state index contributed by atoms with van der Waals surface area (Å²) in [5.41, 5.74) is 0.610. The summed E-state index contributed by atoms with van der Waals surface area (Å²) in [4.78, 5) is 25.6. The minimum absolute atomic E-state index is 0.102. The minimum atomic E-state index is -0.935. The highest BCUT2D eigenvalue weighted by Crippen LogP contribution is 2.35. The lowest BCUT2D eigenvalue weighted by Crippen LogP contribution is -2.33. The Kier molecular flexibility index (Phi) is 10.9. The van der Waals surface area contributed by atoms with Crippen molar-refractivity contribution < 1.29 is 19.1 Å². The molecule has 0 spiro atoms.